The van der Waals surface area contributed by atoms with Gasteiger partial charge in [-0.1, -0.05) is 24.2 Å². The van der Waals surface area contributed by atoms with Gasteiger partial charge >= 0.3 is 6.03 Å². The first kappa shape index (κ1) is 16.9. The lowest BCUT2D eigenvalue weighted by Gasteiger charge is -2.29. The lowest BCUT2D eigenvalue weighted by Crippen LogP contribution is -2.44. The van der Waals surface area contributed by atoms with Gasteiger partial charge < -0.3 is 14.7 Å². The summed E-state index contributed by atoms with van der Waals surface area (Å²) in [7, 11) is 0. The fraction of sp³-hybridized carbons (Fsp3) is 0.438. The topological polar surface area (TPSA) is 114 Å². The van der Waals surface area contributed by atoms with Crippen LogP contribution in [0.5, 0.6) is 0 Å². The number of benzene rings is 1. The van der Waals surface area contributed by atoms with E-state index in [1.54, 1.807) is 17.9 Å². The molecule has 9 nitrogen and oxygen atoms in total. The molecule has 1 N–H and O–H groups in total. The monoisotopic (exact) mass is 345 g/mol. The molecule has 1 aromatic heterocycles. The molecule has 1 aliphatic heterocycles. The highest BCUT2D eigenvalue weighted by Gasteiger charge is 2.28. The second kappa shape index (κ2) is 6.88. The highest BCUT2D eigenvalue weighted by Crippen LogP contribution is 2.28. The normalized spacial score (nSPS) is 14.7. The first-order chi connectivity index (χ1) is 12.0. The minimum absolute atomic E-state index is 0.117. The number of fused-ring (bicyclic) bond motifs is 1. The Balaban J connectivity index is 1.72. The van der Waals surface area contributed by atoms with Gasteiger partial charge in [-0.05, 0) is 18.4 Å². The molecule has 2 heterocycles. The van der Waals surface area contributed by atoms with Crippen molar-refractivity contribution < 1.29 is 14.2 Å². The van der Waals surface area contributed by atoms with Gasteiger partial charge in [0.25, 0.3) is 5.69 Å². The van der Waals surface area contributed by atoms with Crippen LogP contribution < -0.4 is 5.32 Å². The molecular weight excluding hydrogens is 326 g/mol. The van der Waals surface area contributed by atoms with Crippen molar-refractivity contribution in [3.05, 3.63) is 51.2 Å². The number of nitro groups is 1. The lowest BCUT2D eigenvalue weighted by molar-refractivity contribution is -0.385. The summed E-state index contributed by atoms with van der Waals surface area (Å²) in [5.74, 6) is 0.892. The maximum atomic E-state index is 12.6. The molecule has 0 aliphatic carbocycles. The van der Waals surface area contributed by atoms with E-state index in [1.165, 1.54) is 6.07 Å². The average molecular weight is 345 g/mol. The molecule has 0 saturated carbocycles. The highest BCUT2D eigenvalue weighted by atomic mass is 16.6. The number of hydrogen-bond donors (Lipinski definition) is 1. The Morgan fingerprint density at radius 1 is 1.52 bits per heavy atom. The number of nitro benzene ring substituents is 1. The number of carbonyl (C=O) groups is 1. The van der Waals surface area contributed by atoms with E-state index in [9.17, 15) is 14.9 Å². The number of aryl methyl sites for hydroxylation is 1. The van der Waals surface area contributed by atoms with Crippen molar-refractivity contribution in [3.63, 3.8) is 0 Å². The zero-order valence-corrected chi connectivity index (χ0v) is 14.1. The van der Waals surface area contributed by atoms with Crippen LogP contribution in [0.3, 0.4) is 0 Å². The molecule has 2 amide bonds. The predicted octanol–water partition coefficient (Wildman–Crippen LogP) is 2.51. The van der Waals surface area contributed by atoms with E-state index in [2.05, 4.69) is 15.5 Å². The number of nitrogens with zero attached hydrogens (tertiary/aromatic N) is 4. The van der Waals surface area contributed by atoms with Gasteiger partial charge in [0.05, 0.1) is 11.0 Å². The van der Waals surface area contributed by atoms with E-state index in [-0.39, 0.29) is 22.7 Å². The van der Waals surface area contributed by atoms with Crippen molar-refractivity contribution in [2.45, 2.75) is 39.3 Å². The van der Waals surface area contributed by atoms with Crippen LogP contribution in [-0.4, -0.2) is 32.5 Å². The van der Waals surface area contributed by atoms with Crippen molar-refractivity contribution in [1.82, 2.24) is 20.4 Å². The van der Waals surface area contributed by atoms with Gasteiger partial charge in [-0.3, -0.25) is 10.1 Å². The molecule has 0 radical (unpaired) electrons. The van der Waals surface area contributed by atoms with Crippen LogP contribution in [0.15, 0.2) is 22.7 Å². The summed E-state index contributed by atoms with van der Waals surface area (Å²) in [6.45, 7) is 4.38. The fourth-order valence-corrected chi connectivity index (χ4v) is 2.98. The van der Waals surface area contributed by atoms with Gasteiger partial charge in [-0.15, -0.1) is 0 Å². The third kappa shape index (κ3) is 3.44. The van der Waals surface area contributed by atoms with Crippen molar-refractivity contribution in [1.29, 1.82) is 0 Å². The van der Waals surface area contributed by atoms with Crippen LogP contribution in [0.2, 0.25) is 0 Å². The average Bonchev–Trinajstić information content (AvgIpc) is 3.04. The quantitative estimate of drug-likeness (QED) is 0.672. The summed E-state index contributed by atoms with van der Waals surface area (Å²) in [6.07, 6.45) is 1.08. The van der Waals surface area contributed by atoms with E-state index in [0.29, 0.717) is 43.2 Å². The number of hydrogen-bond acceptors (Lipinski definition) is 6. The Morgan fingerprint density at radius 3 is 2.96 bits per heavy atom. The second-order valence-corrected chi connectivity index (χ2v) is 5.93. The zero-order valence-electron chi connectivity index (χ0n) is 14.1. The molecule has 132 valence electrons. The number of rotatable bonds is 4. The molecule has 0 unspecified atom stereocenters. The lowest BCUT2D eigenvalue weighted by atomic mass is 9.98. The first-order valence-corrected chi connectivity index (χ1v) is 8.10. The molecule has 9 heteroatoms. The van der Waals surface area contributed by atoms with Crippen molar-refractivity contribution in [2.75, 3.05) is 6.54 Å². The van der Waals surface area contributed by atoms with Crippen LogP contribution in [0, 0.1) is 17.0 Å². The zero-order chi connectivity index (χ0) is 18.0. The first-order valence-electron chi connectivity index (χ1n) is 8.10. The SMILES string of the molecule is CC[C@H](NC(=O)N1CCc2c(cccc2[N+](=O)[O-])C1)c1noc(C)n1. The number of nitrogens with one attached hydrogen (secondary N) is 1. The summed E-state index contributed by atoms with van der Waals surface area (Å²) in [4.78, 5) is 29.1. The third-order valence-corrected chi connectivity index (χ3v) is 4.29. The standard InChI is InChI=1S/C16H19N5O4/c1-3-13(15-17-10(2)25-19-15)18-16(22)20-8-7-12-11(9-20)5-4-6-14(12)21(23)24/h4-6,13H,3,7-9H2,1-2H3,(H,18,22)/t13-/m0/s1. The van der Waals surface area contributed by atoms with Crippen molar-refractivity contribution >= 4 is 11.7 Å². The van der Waals surface area contributed by atoms with Crippen molar-refractivity contribution in [3.8, 4) is 0 Å². The molecule has 25 heavy (non-hydrogen) atoms. The fourth-order valence-electron chi connectivity index (χ4n) is 2.98. The minimum atomic E-state index is -0.375. The molecule has 0 spiro atoms. The Labute approximate surface area is 144 Å². The highest BCUT2D eigenvalue weighted by molar-refractivity contribution is 5.75. The Morgan fingerprint density at radius 2 is 2.32 bits per heavy atom. The molecule has 1 aromatic carbocycles. The van der Waals surface area contributed by atoms with Crippen LogP contribution >= 0.6 is 0 Å². The smallest absolute Gasteiger partial charge is 0.318 e. The molecule has 1 atom stereocenters. The minimum Gasteiger partial charge on any atom is -0.340 e. The Bertz CT molecular complexity index is 804. The van der Waals surface area contributed by atoms with Gasteiger partial charge in [0.15, 0.2) is 5.82 Å². The van der Waals surface area contributed by atoms with Crippen LogP contribution in [0.25, 0.3) is 0 Å². The number of amides is 2. The van der Waals surface area contributed by atoms with Gasteiger partial charge in [-0.25, -0.2) is 4.79 Å². The molecule has 0 bridgehead atoms. The van der Waals surface area contributed by atoms with Gasteiger partial charge in [0.2, 0.25) is 5.89 Å². The van der Waals surface area contributed by atoms with Crippen molar-refractivity contribution in [2.24, 2.45) is 0 Å². The van der Waals surface area contributed by atoms with E-state index < -0.39 is 0 Å². The van der Waals surface area contributed by atoms with E-state index in [0.717, 1.165) is 5.56 Å². The summed E-state index contributed by atoms with van der Waals surface area (Å²) in [5.41, 5.74) is 1.63. The Hall–Kier alpha value is -2.97. The molecule has 0 fully saturated rings. The number of carbonyl (C=O) groups excluding carboxylic acids is 1. The van der Waals surface area contributed by atoms with Gasteiger partial charge in [-0.2, -0.15) is 4.98 Å². The largest absolute Gasteiger partial charge is 0.340 e. The molecular formula is C16H19N5O4. The van der Waals surface area contributed by atoms with Crippen LogP contribution in [0.4, 0.5) is 10.5 Å². The summed E-state index contributed by atoms with van der Waals surface area (Å²) < 4.78 is 4.97. The molecule has 1 aliphatic rings. The van der Waals surface area contributed by atoms with E-state index in [4.69, 9.17) is 4.52 Å². The molecule has 0 saturated heterocycles. The van der Waals surface area contributed by atoms with Gasteiger partial charge in [0.1, 0.15) is 0 Å². The maximum Gasteiger partial charge on any atom is 0.318 e. The summed E-state index contributed by atoms with van der Waals surface area (Å²) in [5, 5.41) is 17.9. The molecule has 2 aromatic rings. The maximum absolute atomic E-state index is 12.6. The third-order valence-electron chi connectivity index (χ3n) is 4.29. The number of aromatic nitrogens is 2. The Kier molecular flexibility index (Phi) is 4.64. The molecule has 3 rings (SSSR count). The summed E-state index contributed by atoms with van der Waals surface area (Å²) in [6, 6.07) is 4.39. The van der Waals surface area contributed by atoms with Crippen LogP contribution in [-0.2, 0) is 13.0 Å². The van der Waals surface area contributed by atoms with E-state index in [1.807, 2.05) is 13.0 Å². The summed E-state index contributed by atoms with van der Waals surface area (Å²) >= 11 is 0. The predicted molar refractivity (Wildman–Crippen MR) is 87.8 cm³/mol. The van der Waals surface area contributed by atoms with Crippen LogP contribution in [0.1, 0.15) is 42.2 Å². The van der Waals surface area contributed by atoms with E-state index >= 15 is 0 Å². The van der Waals surface area contributed by atoms with Gasteiger partial charge in [0, 0.05) is 31.6 Å². The second-order valence-electron chi connectivity index (χ2n) is 5.93. The number of urea groups is 1.